The smallest absolute Gasteiger partial charge is 0.410 e. The van der Waals surface area contributed by atoms with Gasteiger partial charge < -0.3 is 4.74 Å². The highest BCUT2D eigenvalue weighted by atomic mass is 16.6. The lowest BCUT2D eigenvalue weighted by Gasteiger charge is -2.39. The van der Waals surface area contributed by atoms with Crippen LogP contribution in [0.5, 0.6) is 0 Å². The van der Waals surface area contributed by atoms with Crippen molar-refractivity contribution in [3.05, 3.63) is 11.6 Å². The van der Waals surface area contributed by atoms with Crippen LogP contribution in [0.15, 0.2) is 11.6 Å². The fourth-order valence-corrected chi connectivity index (χ4v) is 4.10. The molecular formula is C16H22N2O4. The molecular weight excluding hydrogens is 284 g/mol. The van der Waals surface area contributed by atoms with Gasteiger partial charge in [0.05, 0.1) is 24.4 Å². The molecule has 6 nitrogen and oxygen atoms in total. The summed E-state index contributed by atoms with van der Waals surface area (Å²) < 4.78 is 5.05. The van der Waals surface area contributed by atoms with Gasteiger partial charge in [-0.2, -0.15) is 0 Å². The number of allylic oxidation sites excluding steroid dienone is 1. The van der Waals surface area contributed by atoms with Gasteiger partial charge >= 0.3 is 6.09 Å². The number of carbonyl (C=O) groups excluding carboxylic acids is 3. The van der Waals surface area contributed by atoms with Gasteiger partial charge in [0, 0.05) is 7.05 Å². The minimum Gasteiger partial charge on any atom is -0.448 e. The quantitative estimate of drug-likeness (QED) is 0.584. The van der Waals surface area contributed by atoms with Crippen molar-refractivity contribution in [1.29, 1.82) is 0 Å². The lowest BCUT2D eigenvalue weighted by Crippen LogP contribution is -2.50. The fraction of sp³-hybridized carbons (Fsp3) is 0.688. The Morgan fingerprint density at radius 3 is 2.41 bits per heavy atom. The Morgan fingerprint density at radius 1 is 1.18 bits per heavy atom. The number of hydrogen-bond donors (Lipinski definition) is 0. The number of fused-ring (bicyclic) bond motifs is 1. The van der Waals surface area contributed by atoms with Gasteiger partial charge in [-0.3, -0.25) is 19.4 Å². The van der Waals surface area contributed by atoms with Crippen molar-refractivity contribution >= 4 is 17.9 Å². The summed E-state index contributed by atoms with van der Waals surface area (Å²) in [5.74, 6) is -1.04. The molecule has 0 radical (unpaired) electrons. The van der Waals surface area contributed by atoms with Gasteiger partial charge in [-0.05, 0) is 18.8 Å². The molecule has 3 amide bonds. The van der Waals surface area contributed by atoms with E-state index in [-0.39, 0.29) is 35.8 Å². The molecule has 3 aliphatic rings. The fourth-order valence-electron chi connectivity index (χ4n) is 4.10. The molecule has 2 fully saturated rings. The Balaban J connectivity index is 2.07. The van der Waals surface area contributed by atoms with Crippen LogP contribution < -0.4 is 0 Å². The summed E-state index contributed by atoms with van der Waals surface area (Å²) >= 11 is 0. The van der Waals surface area contributed by atoms with E-state index in [1.54, 1.807) is 11.9 Å². The Labute approximate surface area is 130 Å². The molecule has 0 unspecified atom stereocenters. The van der Waals surface area contributed by atoms with Crippen LogP contribution in [-0.2, 0) is 14.3 Å². The lowest BCUT2D eigenvalue weighted by molar-refractivity contribution is -0.138. The SMILES string of the molecule is CCC1=C[C@H](CC)[C@@H]2C(=O)N(C)C(=O)[C@@H]2[C@@H]1N1CCOC1=O. The Hall–Kier alpha value is -1.85. The maximum Gasteiger partial charge on any atom is 0.410 e. The number of imide groups is 1. The van der Waals surface area contributed by atoms with Crippen LogP contribution in [0, 0.1) is 17.8 Å². The molecule has 2 aliphatic heterocycles. The second kappa shape index (κ2) is 5.41. The molecule has 1 aliphatic carbocycles. The number of amides is 3. The van der Waals surface area contributed by atoms with Crippen LogP contribution in [0.25, 0.3) is 0 Å². The van der Waals surface area contributed by atoms with Crippen LogP contribution in [0.2, 0.25) is 0 Å². The summed E-state index contributed by atoms with van der Waals surface area (Å²) in [6.07, 6.45) is 3.31. The summed E-state index contributed by atoms with van der Waals surface area (Å²) in [5.41, 5.74) is 1.07. The lowest BCUT2D eigenvalue weighted by atomic mass is 9.69. The van der Waals surface area contributed by atoms with E-state index in [4.69, 9.17) is 4.74 Å². The maximum atomic E-state index is 12.6. The molecule has 2 saturated heterocycles. The number of nitrogens with zero attached hydrogens (tertiary/aromatic N) is 2. The highest BCUT2D eigenvalue weighted by Crippen LogP contribution is 2.45. The van der Waals surface area contributed by atoms with Crippen molar-refractivity contribution in [2.45, 2.75) is 32.7 Å². The van der Waals surface area contributed by atoms with E-state index in [0.717, 1.165) is 18.4 Å². The average molecular weight is 306 g/mol. The molecule has 4 atom stereocenters. The van der Waals surface area contributed by atoms with Gasteiger partial charge in [0.1, 0.15) is 6.61 Å². The normalized spacial score (nSPS) is 34.9. The Morgan fingerprint density at radius 2 is 1.86 bits per heavy atom. The van der Waals surface area contributed by atoms with E-state index < -0.39 is 5.92 Å². The van der Waals surface area contributed by atoms with Crippen molar-refractivity contribution in [2.75, 3.05) is 20.2 Å². The number of ether oxygens (including phenoxy) is 1. The topological polar surface area (TPSA) is 66.9 Å². The standard InChI is InChI=1S/C16H22N2O4/c1-4-9-8-10(5-2)13(18-6-7-22-16(18)21)12-11(9)14(19)17(3)15(12)20/h8-9,11-13H,4-7H2,1-3H3/t9-,11-,12-,13+/m0/s1. The Kier molecular flexibility index (Phi) is 3.70. The molecule has 0 aromatic carbocycles. The van der Waals surface area contributed by atoms with Crippen molar-refractivity contribution < 1.29 is 19.1 Å². The van der Waals surface area contributed by atoms with Crippen molar-refractivity contribution in [2.24, 2.45) is 17.8 Å². The highest BCUT2D eigenvalue weighted by molar-refractivity contribution is 6.06. The summed E-state index contributed by atoms with van der Waals surface area (Å²) in [7, 11) is 1.54. The second-order valence-electron chi connectivity index (χ2n) is 6.21. The molecule has 6 heteroatoms. The first-order valence-corrected chi connectivity index (χ1v) is 7.96. The zero-order valence-electron chi connectivity index (χ0n) is 13.2. The molecule has 0 spiro atoms. The first-order chi connectivity index (χ1) is 10.5. The number of likely N-dealkylation sites (tertiary alicyclic amines) is 1. The van der Waals surface area contributed by atoms with E-state index in [2.05, 4.69) is 6.08 Å². The van der Waals surface area contributed by atoms with Gasteiger partial charge in [-0.15, -0.1) is 0 Å². The monoisotopic (exact) mass is 306 g/mol. The van der Waals surface area contributed by atoms with Crippen LogP contribution >= 0.6 is 0 Å². The van der Waals surface area contributed by atoms with E-state index in [1.165, 1.54) is 4.90 Å². The summed E-state index contributed by atoms with van der Waals surface area (Å²) in [6.45, 7) is 4.88. The minimum atomic E-state index is -0.465. The molecule has 2 heterocycles. The van der Waals surface area contributed by atoms with Crippen molar-refractivity contribution in [1.82, 2.24) is 9.80 Å². The van der Waals surface area contributed by atoms with Gasteiger partial charge in [-0.25, -0.2) is 4.79 Å². The predicted octanol–water partition coefficient (Wildman–Crippen LogP) is 1.41. The minimum absolute atomic E-state index is 0.0659. The van der Waals surface area contributed by atoms with Crippen LogP contribution in [0.1, 0.15) is 26.7 Å². The zero-order chi connectivity index (χ0) is 16.0. The average Bonchev–Trinajstić information content (AvgIpc) is 3.04. The number of hydrogen-bond acceptors (Lipinski definition) is 4. The molecule has 0 aromatic heterocycles. The van der Waals surface area contributed by atoms with Gasteiger partial charge in [-0.1, -0.05) is 25.5 Å². The van der Waals surface area contributed by atoms with E-state index >= 15 is 0 Å². The number of carbonyl (C=O) groups is 3. The molecule has 0 N–H and O–H groups in total. The Bertz CT molecular complexity index is 556. The second-order valence-corrected chi connectivity index (χ2v) is 6.21. The van der Waals surface area contributed by atoms with Gasteiger partial charge in [0.25, 0.3) is 0 Å². The van der Waals surface area contributed by atoms with Gasteiger partial charge in [0.2, 0.25) is 11.8 Å². The zero-order valence-corrected chi connectivity index (χ0v) is 13.2. The van der Waals surface area contributed by atoms with Crippen molar-refractivity contribution in [3.8, 4) is 0 Å². The number of rotatable bonds is 3. The highest BCUT2D eigenvalue weighted by Gasteiger charge is 2.57. The van der Waals surface area contributed by atoms with Gasteiger partial charge in [0.15, 0.2) is 0 Å². The summed E-state index contributed by atoms with van der Waals surface area (Å²) in [5, 5.41) is 0. The van der Waals surface area contributed by atoms with E-state index in [9.17, 15) is 14.4 Å². The molecule has 0 aromatic rings. The first-order valence-electron chi connectivity index (χ1n) is 7.96. The van der Waals surface area contributed by atoms with Crippen LogP contribution in [0.4, 0.5) is 4.79 Å². The van der Waals surface area contributed by atoms with E-state index in [0.29, 0.717) is 13.2 Å². The predicted molar refractivity (Wildman–Crippen MR) is 78.8 cm³/mol. The van der Waals surface area contributed by atoms with Crippen molar-refractivity contribution in [3.63, 3.8) is 0 Å². The molecule has 120 valence electrons. The number of cyclic esters (lactones) is 1. The first kappa shape index (κ1) is 15.1. The van der Waals surface area contributed by atoms with E-state index in [1.807, 2.05) is 13.8 Å². The maximum absolute atomic E-state index is 12.6. The molecule has 0 bridgehead atoms. The third-order valence-electron chi connectivity index (χ3n) is 5.24. The molecule has 0 saturated carbocycles. The van der Waals surface area contributed by atoms with Crippen LogP contribution in [0.3, 0.4) is 0 Å². The van der Waals surface area contributed by atoms with Crippen LogP contribution in [-0.4, -0.2) is 53.9 Å². The largest absolute Gasteiger partial charge is 0.448 e. The third kappa shape index (κ3) is 1.96. The summed E-state index contributed by atoms with van der Waals surface area (Å²) in [6, 6.07) is -0.339. The molecule has 22 heavy (non-hydrogen) atoms. The third-order valence-corrected chi connectivity index (χ3v) is 5.24. The summed E-state index contributed by atoms with van der Waals surface area (Å²) in [4.78, 5) is 40.0. The molecule has 3 rings (SSSR count).